The molecule has 0 aliphatic rings. The van der Waals surface area contributed by atoms with Crippen LogP contribution in [0, 0.1) is 0 Å². The topological polar surface area (TPSA) is 47.7 Å². The Balaban J connectivity index is 4.19. The van der Waals surface area contributed by atoms with Crippen LogP contribution in [0.15, 0.2) is 0 Å². The molecule has 0 aromatic carbocycles. The zero-order chi connectivity index (χ0) is 11.7. The Hall–Kier alpha value is -0.160. The van der Waals surface area contributed by atoms with Crippen LogP contribution in [-0.2, 0) is 9.47 Å². The lowest BCUT2D eigenvalue weighted by atomic mass is 9.95. The van der Waals surface area contributed by atoms with Crippen molar-refractivity contribution >= 4 is 0 Å². The SMILES string of the molecule is CCOCCN(C)C(CC)(CN)COC. The maximum atomic E-state index is 5.85. The van der Waals surface area contributed by atoms with Gasteiger partial charge >= 0.3 is 0 Å². The lowest BCUT2D eigenvalue weighted by Crippen LogP contribution is -2.55. The minimum atomic E-state index is -0.0498. The summed E-state index contributed by atoms with van der Waals surface area (Å²) in [6, 6.07) is 0. The maximum Gasteiger partial charge on any atom is 0.0658 e. The number of rotatable bonds is 9. The molecule has 0 fully saturated rings. The Kier molecular flexibility index (Phi) is 7.96. The first-order valence-electron chi connectivity index (χ1n) is 5.64. The summed E-state index contributed by atoms with van der Waals surface area (Å²) in [5.41, 5.74) is 5.80. The predicted molar refractivity (Wildman–Crippen MR) is 63.1 cm³/mol. The van der Waals surface area contributed by atoms with Gasteiger partial charge in [0.1, 0.15) is 0 Å². The minimum Gasteiger partial charge on any atom is -0.383 e. The number of hydrogen-bond donors (Lipinski definition) is 1. The van der Waals surface area contributed by atoms with Crippen LogP contribution in [0.3, 0.4) is 0 Å². The molecule has 0 saturated heterocycles. The van der Waals surface area contributed by atoms with Crippen LogP contribution in [0.25, 0.3) is 0 Å². The van der Waals surface area contributed by atoms with Crippen molar-refractivity contribution in [3.63, 3.8) is 0 Å². The largest absolute Gasteiger partial charge is 0.383 e. The van der Waals surface area contributed by atoms with Gasteiger partial charge < -0.3 is 15.2 Å². The second kappa shape index (κ2) is 8.05. The van der Waals surface area contributed by atoms with Crippen molar-refractivity contribution in [1.82, 2.24) is 4.90 Å². The molecular formula is C11H26N2O2. The highest BCUT2D eigenvalue weighted by Gasteiger charge is 2.30. The monoisotopic (exact) mass is 218 g/mol. The van der Waals surface area contributed by atoms with Gasteiger partial charge in [-0.1, -0.05) is 6.92 Å². The lowest BCUT2D eigenvalue weighted by molar-refractivity contribution is 0.0104. The Bertz CT molecular complexity index is 150. The number of methoxy groups -OCH3 is 1. The van der Waals surface area contributed by atoms with E-state index in [2.05, 4.69) is 18.9 Å². The number of nitrogens with two attached hydrogens (primary N) is 1. The standard InChI is InChI=1S/C11H26N2O2/c1-5-11(9-12,10-14-4)13(3)7-8-15-6-2/h5-10,12H2,1-4H3. The summed E-state index contributed by atoms with van der Waals surface area (Å²) in [6.07, 6.45) is 0.986. The molecule has 0 bridgehead atoms. The smallest absolute Gasteiger partial charge is 0.0658 e. The van der Waals surface area contributed by atoms with E-state index in [4.69, 9.17) is 15.2 Å². The van der Waals surface area contributed by atoms with Crippen LogP contribution in [-0.4, -0.2) is 57.5 Å². The molecule has 4 heteroatoms. The highest BCUT2D eigenvalue weighted by Crippen LogP contribution is 2.17. The Morgan fingerprint density at radius 2 is 2.00 bits per heavy atom. The summed E-state index contributed by atoms with van der Waals surface area (Å²) in [6.45, 7) is 7.83. The van der Waals surface area contributed by atoms with Crippen molar-refractivity contribution in [3.05, 3.63) is 0 Å². The molecule has 0 amide bonds. The van der Waals surface area contributed by atoms with Gasteiger partial charge in [0.15, 0.2) is 0 Å². The van der Waals surface area contributed by atoms with Crippen molar-refractivity contribution < 1.29 is 9.47 Å². The lowest BCUT2D eigenvalue weighted by Gasteiger charge is -2.40. The highest BCUT2D eigenvalue weighted by molar-refractivity contribution is 4.89. The molecule has 0 aliphatic carbocycles. The maximum absolute atomic E-state index is 5.85. The molecule has 1 atom stereocenters. The molecule has 4 nitrogen and oxygen atoms in total. The number of likely N-dealkylation sites (N-methyl/N-ethyl adjacent to an activating group) is 1. The summed E-state index contributed by atoms with van der Waals surface area (Å²) in [4.78, 5) is 2.24. The second-order valence-corrected chi connectivity index (χ2v) is 3.83. The van der Waals surface area contributed by atoms with Crippen molar-refractivity contribution in [1.29, 1.82) is 0 Å². The first-order chi connectivity index (χ1) is 7.16. The first kappa shape index (κ1) is 14.8. The van der Waals surface area contributed by atoms with Crippen LogP contribution in [0.1, 0.15) is 20.3 Å². The van der Waals surface area contributed by atoms with E-state index in [0.717, 1.165) is 26.2 Å². The van der Waals surface area contributed by atoms with Crippen LogP contribution in [0.5, 0.6) is 0 Å². The van der Waals surface area contributed by atoms with Crippen molar-refractivity contribution in [2.24, 2.45) is 5.73 Å². The number of ether oxygens (including phenoxy) is 2. The second-order valence-electron chi connectivity index (χ2n) is 3.83. The van der Waals surface area contributed by atoms with E-state index in [9.17, 15) is 0 Å². The molecule has 0 aromatic heterocycles. The van der Waals surface area contributed by atoms with E-state index in [1.165, 1.54) is 0 Å². The number of nitrogens with zero attached hydrogens (tertiary/aromatic N) is 1. The van der Waals surface area contributed by atoms with E-state index in [1.807, 2.05) is 6.92 Å². The summed E-state index contributed by atoms with van der Waals surface area (Å²) >= 11 is 0. The fraction of sp³-hybridized carbons (Fsp3) is 1.00. The van der Waals surface area contributed by atoms with Gasteiger partial charge in [-0.25, -0.2) is 0 Å². The zero-order valence-corrected chi connectivity index (χ0v) is 10.6. The third-order valence-corrected chi connectivity index (χ3v) is 3.04. The van der Waals surface area contributed by atoms with E-state index in [-0.39, 0.29) is 5.54 Å². The van der Waals surface area contributed by atoms with Gasteiger partial charge in [0, 0.05) is 26.8 Å². The Morgan fingerprint density at radius 3 is 2.40 bits per heavy atom. The van der Waals surface area contributed by atoms with Gasteiger partial charge in [0.25, 0.3) is 0 Å². The van der Waals surface area contributed by atoms with E-state index < -0.39 is 0 Å². The van der Waals surface area contributed by atoms with Gasteiger partial charge in [-0.3, -0.25) is 4.90 Å². The van der Waals surface area contributed by atoms with Crippen molar-refractivity contribution in [2.75, 3.05) is 47.1 Å². The Morgan fingerprint density at radius 1 is 1.33 bits per heavy atom. The molecule has 0 heterocycles. The van der Waals surface area contributed by atoms with E-state index in [0.29, 0.717) is 13.2 Å². The molecule has 0 spiro atoms. The highest BCUT2D eigenvalue weighted by atomic mass is 16.5. The zero-order valence-electron chi connectivity index (χ0n) is 10.6. The molecule has 15 heavy (non-hydrogen) atoms. The van der Waals surface area contributed by atoms with Gasteiger partial charge in [-0.15, -0.1) is 0 Å². The molecule has 0 aromatic rings. The fourth-order valence-corrected chi connectivity index (χ4v) is 1.69. The third kappa shape index (κ3) is 4.47. The molecule has 2 N–H and O–H groups in total. The van der Waals surface area contributed by atoms with Gasteiger partial charge in [0.2, 0.25) is 0 Å². The number of hydrogen-bond acceptors (Lipinski definition) is 4. The fourth-order valence-electron chi connectivity index (χ4n) is 1.69. The van der Waals surface area contributed by atoms with Gasteiger partial charge in [0.05, 0.1) is 18.8 Å². The predicted octanol–water partition coefficient (Wildman–Crippen LogP) is 0.709. The van der Waals surface area contributed by atoms with E-state index >= 15 is 0 Å². The molecule has 0 rings (SSSR count). The molecule has 0 aliphatic heterocycles. The molecular weight excluding hydrogens is 192 g/mol. The normalized spacial score (nSPS) is 15.6. The first-order valence-corrected chi connectivity index (χ1v) is 5.64. The molecule has 0 saturated carbocycles. The summed E-state index contributed by atoms with van der Waals surface area (Å²) < 4.78 is 10.6. The Labute approximate surface area is 93.7 Å². The van der Waals surface area contributed by atoms with Gasteiger partial charge in [-0.05, 0) is 20.4 Å². The minimum absolute atomic E-state index is 0.0498. The molecule has 0 radical (unpaired) electrons. The summed E-state index contributed by atoms with van der Waals surface area (Å²) in [7, 11) is 3.80. The molecule has 1 unspecified atom stereocenters. The van der Waals surface area contributed by atoms with Gasteiger partial charge in [-0.2, -0.15) is 0 Å². The summed E-state index contributed by atoms with van der Waals surface area (Å²) in [5, 5.41) is 0. The van der Waals surface area contributed by atoms with Crippen LogP contribution in [0.4, 0.5) is 0 Å². The van der Waals surface area contributed by atoms with Crippen LogP contribution in [0.2, 0.25) is 0 Å². The quantitative estimate of drug-likeness (QED) is 0.579. The summed E-state index contributed by atoms with van der Waals surface area (Å²) in [5.74, 6) is 0. The van der Waals surface area contributed by atoms with Crippen LogP contribution >= 0.6 is 0 Å². The van der Waals surface area contributed by atoms with Crippen molar-refractivity contribution in [3.8, 4) is 0 Å². The molecule has 92 valence electrons. The van der Waals surface area contributed by atoms with E-state index in [1.54, 1.807) is 7.11 Å². The third-order valence-electron chi connectivity index (χ3n) is 3.04. The van der Waals surface area contributed by atoms with Crippen molar-refractivity contribution in [2.45, 2.75) is 25.8 Å². The van der Waals surface area contributed by atoms with Crippen LogP contribution < -0.4 is 5.73 Å². The average molecular weight is 218 g/mol. The average Bonchev–Trinajstić information content (AvgIpc) is 2.26.